The molecule has 0 saturated carbocycles. The van der Waals surface area contributed by atoms with E-state index >= 15 is 0 Å². The van der Waals surface area contributed by atoms with Crippen molar-refractivity contribution in [3.63, 3.8) is 0 Å². The molecule has 21 heavy (non-hydrogen) atoms. The lowest BCUT2D eigenvalue weighted by Crippen LogP contribution is -2.49. The fourth-order valence-electron chi connectivity index (χ4n) is 2.84. The normalized spacial score (nSPS) is 18.2. The van der Waals surface area contributed by atoms with Crippen molar-refractivity contribution >= 4 is 5.69 Å². The number of nitrogens with one attached hydrogen (secondary N) is 1. The predicted molar refractivity (Wildman–Crippen MR) is 89.8 cm³/mol. The third kappa shape index (κ3) is 4.42. The highest BCUT2D eigenvalue weighted by atomic mass is 15.3. The second-order valence-electron chi connectivity index (χ2n) is 6.32. The maximum atomic E-state index is 4.30. The van der Waals surface area contributed by atoms with Crippen LogP contribution >= 0.6 is 0 Å². The standard InChI is InChI=1S/C17H30N4/c1-5-15(4)20-8-10-21(11-9-20)17-6-7-18-12-16(17)13-19-14(2)3/h6-7,12,14-15,19H,5,8-11,13H2,1-4H3. The number of hydrogen-bond acceptors (Lipinski definition) is 4. The van der Waals surface area contributed by atoms with Crippen molar-refractivity contribution < 1.29 is 0 Å². The number of aromatic nitrogens is 1. The summed E-state index contributed by atoms with van der Waals surface area (Å²) in [6.07, 6.45) is 5.15. The first-order valence-corrected chi connectivity index (χ1v) is 8.27. The van der Waals surface area contributed by atoms with Gasteiger partial charge in [0.25, 0.3) is 0 Å². The van der Waals surface area contributed by atoms with Crippen LogP contribution in [0.4, 0.5) is 5.69 Å². The van der Waals surface area contributed by atoms with Crippen LogP contribution in [0.25, 0.3) is 0 Å². The van der Waals surface area contributed by atoms with Crippen LogP contribution in [0.15, 0.2) is 18.5 Å². The SMILES string of the molecule is CCC(C)N1CCN(c2ccncc2CNC(C)C)CC1. The van der Waals surface area contributed by atoms with Gasteiger partial charge in [-0.05, 0) is 19.4 Å². The Hall–Kier alpha value is -1.13. The van der Waals surface area contributed by atoms with Crippen molar-refractivity contribution in [1.29, 1.82) is 0 Å². The molecule has 0 spiro atoms. The smallest absolute Gasteiger partial charge is 0.0443 e. The van der Waals surface area contributed by atoms with Gasteiger partial charge in [0.15, 0.2) is 0 Å². The van der Waals surface area contributed by atoms with E-state index in [0.717, 1.165) is 32.7 Å². The van der Waals surface area contributed by atoms with Gasteiger partial charge in [0.1, 0.15) is 0 Å². The second kappa shape index (κ2) is 7.76. The summed E-state index contributed by atoms with van der Waals surface area (Å²) in [5, 5.41) is 3.50. The number of rotatable bonds is 6. The Balaban J connectivity index is 1.99. The van der Waals surface area contributed by atoms with E-state index in [2.05, 4.69) is 53.9 Å². The summed E-state index contributed by atoms with van der Waals surface area (Å²) in [7, 11) is 0. The molecule has 0 aromatic carbocycles. The first kappa shape index (κ1) is 16.2. The maximum Gasteiger partial charge on any atom is 0.0443 e. The van der Waals surface area contributed by atoms with Gasteiger partial charge in [-0.3, -0.25) is 9.88 Å². The molecule has 1 aliphatic heterocycles. The van der Waals surface area contributed by atoms with Gasteiger partial charge < -0.3 is 10.2 Å². The molecular weight excluding hydrogens is 260 g/mol. The Morgan fingerprint density at radius 1 is 1.19 bits per heavy atom. The van der Waals surface area contributed by atoms with Crippen molar-refractivity contribution in [2.24, 2.45) is 0 Å². The Morgan fingerprint density at radius 2 is 1.90 bits per heavy atom. The molecule has 0 radical (unpaired) electrons. The summed E-state index contributed by atoms with van der Waals surface area (Å²) in [6, 6.07) is 3.36. The topological polar surface area (TPSA) is 31.4 Å². The van der Waals surface area contributed by atoms with E-state index in [1.807, 2.05) is 12.4 Å². The molecule has 0 amide bonds. The van der Waals surface area contributed by atoms with Crippen LogP contribution in [-0.4, -0.2) is 48.1 Å². The minimum Gasteiger partial charge on any atom is -0.369 e. The Morgan fingerprint density at radius 3 is 2.52 bits per heavy atom. The van der Waals surface area contributed by atoms with Crippen LogP contribution in [0.2, 0.25) is 0 Å². The largest absolute Gasteiger partial charge is 0.369 e. The molecule has 0 aliphatic carbocycles. The summed E-state index contributed by atoms with van der Waals surface area (Å²) in [6.45, 7) is 14.4. The van der Waals surface area contributed by atoms with Gasteiger partial charge in [0.2, 0.25) is 0 Å². The van der Waals surface area contributed by atoms with Gasteiger partial charge in [0.05, 0.1) is 0 Å². The van der Waals surface area contributed by atoms with Crippen molar-refractivity contribution in [2.75, 3.05) is 31.1 Å². The fraction of sp³-hybridized carbons (Fsp3) is 0.706. The molecule has 0 bridgehead atoms. The summed E-state index contributed by atoms with van der Waals surface area (Å²) < 4.78 is 0. The Labute approximate surface area is 129 Å². The summed E-state index contributed by atoms with van der Waals surface area (Å²) in [5.41, 5.74) is 2.66. The lowest BCUT2D eigenvalue weighted by atomic mass is 10.1. The number of nitrogens with zero attached hydrogens (tertiary/aromatic N) is 3. The molecule has 4 nitrogen and oxygen atoms in total. The predicted octanol–water partition coefficient (Wildman–Crippen LogP) is 2.50. The molecule has 1 saturated heterocycles. The van der Waals surface area contributed by atoms with Gasteiger partial charge in [-0.1, -0.05) is 20.8 Å². The molecule has 1 atom stereocenters. The minimum absolute atomic E-state index is 0.500. The molecule has 1 aromatic heterocycles. The highest BCUT2D eigenvalue weighted by Gasteiger charge is 2.21. The molecule has 1 aromatic rings. The number of piperazine rings is 1. The number of hydrogen-bond donors (Lipinski definition) is 1. The number of anilines is 1. The van der Waals surface area contributed by atoms with E-state index < -0.39 is 0 Å². The van der Waals surface area contributed by atoms with Gasteiger partial charge in [-0.15, -0.1) is 0 Å². The Kier molecular flexibility index (Phi) is 6.00. The van der Waals surface area contributed by atoms with Crippen molar-refractivity contribution in [3.05, 3.63) is 24.0 Å². The average molecular weight is 290 g/mol. The van der Waals surface area contributed by atoms with Gasteiger partial charge >= 0.3 is 0 Å². The first-order chi connectivity index (χ1) is 10.1. The monoisotopic (exact) mass is 290 g/mol. The second-order valence-corrected chi connectivity index (χ2v) is 6.32. The molecule has 2 rings (SSSR count). The highest BCUT2D eigenvalue weighted by Crippen LogP contribution is 2.21. The third-order valence-electron chi connectivity index (χ3n) is 4.45. The fourth-order valence-corrected chi connectivity index (χ4v) is 2.84. The highest BCUT2D eigenvalue weighted by molar-refractivity contribution is 5.52. The first-order valence-electron chi connectivity index (χ1n) is 8.27. The Bertz CT molecular complexity index is 425. The van der Waals surface area contributed by atoms with Crippen molar-refractivity contribution in [1.82, 2.24) is 15.2 Å². The zero-order valence-corrected chi connectivity index (χ0v) is 14.0. The van der Waals surface area contributed by atoms with Crippen LogP contribution in [0.3, 0.4) is 0 Å². The average Bonchev–Trinajstić information content (AvgIpc) is 2.52. The molecule has 118 valence electrons. The van der Waals surface area contributed by atoms with E-state index in [-0.39, 0.29) is 0 Å². The quantitative estimate of drug-likeness (QED) is 0.872. The lowest BCUT2D eigenvalue weighted by Gasteiger charge is -2.39. The summed E-state index contributed by atoms with van der Waals surface area (Å²) in [4.78, 5) is 9.41. The van der Waals surface area contributed by atoms with Gasteiger partial charge in [-0.25, -0.2) is 0 Å². The molecule has 4 heteroatoms. The van der Waals surface area contributed by atoms with E-state index in [4.69, 9.17) is 0 Å². The molecular formula is C17H30N4. The summed E-state index contributed by atoms with van der Waals surface area (Å²) >= 11 is 0. The van der Waals surface area contributed by atoms with E-state index in [9.17, 15) is 0 Å². The van der Waals surface area contributed by atoms with E-state index in [0.29, 0.717) is 12.1 Å². The van der Waals surface area contributed by atoms with Crippen LogP contribution in [0.5, 0.6) is 0 Å². The van der Waals surface area contributed by atoms with Crippen molar-refractivity contribution in [2.45, 2.75) is 52.7 Å². The third-order valence-corrected chi connectivity index (χ3v) is 4.45. The van der Waals surface area contributed by atoms with Gasteiger partial charge in [-0.2, -0.15) is 0 Å². The molecule has 1 unspecified atom stereocenters. The molecule has 1 aliphatic rings. The zero-order chi connectivity index (χ0) is 15.2. The molecule has 1 fully saturated rings. The molecule has 1 N–H and O–H groups in total. The molecule has 2 heterocycles. The van der Waals surface area contributed by atoms with Crippen LogP contribution in [0.1, 0.15) is 39.7 Å². The van der Waals surface area contributed by atoms with Crippen LogP contribution < -0.4 is 10.2 Å². The van der Waals surface area contributed by atoms with Crippen molar-refractivity contribution in [3.8, 4) is 0 Å². The maximum absolute atomic E-state index is 4.30. The summed E-state index contributed by atoms with van der Waals surface area (Å²) in [5.74, 6) is 0. The number of pyridine rings is 1. The lowest BCUT2D eigenvalue weighted by molar-refractivity contribution is 0.192. The zero-order valence-electron chi connectivity index (χ0n) is 14.0. The minimum atomic E-state index is 0.500. The van der Waals surface area contributed by atoms with Gasteiger partial charge in [0, 0.05) is 68.5 Å². The van der Waals surface area contributed by atoms with Crippen LogP contribution in [0, 0.1) is 0 Å². The van der Waals surface area contributed by atoms with E-state index in [1.165, 1.54) is 17.7 Å². The van der Waals surface area contributed by atoms with Crippen LogP contribution in [-0.2, 0) is 6.54 Å². The van der Waals surface area contributed by atoms with E-state index in [1.54, 1.807) is 0 Å².